The number of carbonyl (C=O) groups excluding carboxylic acids is 2. The van der Waals surface area contributed by atoms with Crippen molar-refractivity contribution in [1.29, 1.82) is 0 Å². The molecule has 0 bridgehead atoms. The molecule has 0 spiro atoms. The van der Waals surface area contributed by atoms with E-state index in [1.165, 1.54) is 4.57 Å². The number of nitrogens with zero attached hydrogens (tertiary/aromatic N) is 8. The molecule has 2 aromatic carbocycles. The molecule has 3 aromatic heterocycles. The van der Waals surface area contributed by atoms with E-state index in [1.54, 1.807) is 57.0 Å². The lowest BCUT2D eigenvalue weighted by molar-refractivity contribution is -0.135. The molecule has 322 valence electrons. The third-order valence-corrected chi connectivity index (χ3v) is 15.5. The minimum Gasteiger partial charge on any atom is -0.370 e. The zero-order valence-corrected chi connectivity index (χ0v) is 35.9. The molecule has 1 saturated carbocycles. The zero-order valence-electron chi connectivity index (χ0n) is 35.0. The van der Waals surface area contributed by atoms with Crippen molar-refractivity contribution in [2.24, 2.45) is 13.0 Å². The molecule has 4 fully saturated rings. The Morgan fingerprint density at radius 2 is 1.64 bits per heavy atom. The summed E-state index contributed by atoms with van der Waals surface area (Å²) in [6.45, 7) is 5.32. The Morgan fingerprint density at radius 1 is 0.885 bits per heavy atom. The molecule has 2 N–H and O–H groups in total. The standard InChI is InChI=1S/C44H54N10O6S/c1-28-25-33(12-13-34(28)46-43-45-26-30-11-16-39(56)53(41(30)48-43)32-7-4-5-8-32)61(59,60)52-23-17-29(18-24-52)27-49(2)31-19-21-51(22-20-31)35-9-6-10-36-40(35)50(3)44(58)54(36)37-14-15-38(55)47-42(37)57/h6,9-13,16,25-26,29,31-32,37H,4-5,7-8,14-15,17-24,27H2,1-3H3,(H,45,46,48)(H,47,55,57). The van der Waals surface area contributed by atoms with E-state index in [1.807, 2.05) is 25.1 Å². The lowest BCUT2D eigenvalue weighted by atomic mass is 9.95. The summed E-state index contributed by atoms with van der Waals surface area (Å²) in [5.74, 6) is -0.0201. The number of nitrogens with one attached hydrogen (secondary N) is 2. The molecule has 4 aliphatic rings. The second-order valence-corrected chi connectivity index (χ2v) is 19.3. The lowest BCUT2D eigenvalue weighted by Gasteiger charge is -2.40. The van der Waals surface area contributed by atoms with Gasteiger partial charge in [0.1, 0.15) is 11.7 Å². The van der Waals surface area contributed by atoms with Crippen molar-refractivity contribution in [3.63, 3.8) is 0 Å². The van der Waals surface area contributed by atoms with Crippen LogP contribution in [0.5, 0.6) is 0 Å². The second-order valence-electron chi connectivity index (χ2n) is 17.4. The average Bonchev–Trinajstić information content (AvgIpc) is 3.88. The van der Waals surface area contributed by atoms with Gasteiger partial charge in [0.15, 0.2) is 0 Å². The lowest BCUT2D eigenvalue weighted by Crippen LogP contribution is -2.46. The van der Waals surface area contributed by atoms with Gasteiger partial charge in [-0.05, 0) is 107 Å². The number of rotatable bonds is 10. The molecule has 17 heteroatoms. The molecular weight excluding hydrogens is 797 g/mol. The molecule has 1 unspecified atom stereocenters. The summed E-state index contributed by atoms with van der Waals surface area (Å²) in [4.78, 5) is 65.1. The summed E-state index contributed by atoms with van der Waals surface area (Å²) in [5.41, 5.74) is 4.16. The fourth-order valence-electron chi connectivity index (χ4n) is 10.2. The maximum Gasteiger partial charge on any atom is 0.329 e. The average molecular weight is 851 g/mol. The number of aromatic nitrogens is 5. The van der Waals surface area contributed by atoms with Crippen LogP contribution in [0.3, 0.4) is 0 Å². The number of fused-ring (bicyclic) bond motifs is 2. The van der Waals surface area contributed by atoms with Gasteiger partial charge in [0, 0.05) is 81.6 Å². The number of piperidine rings is 3. The molecule has 61 heavy (non-hydrogen) atoms. The number of imide groups is 1. The number of para-hydroxylation sites is 1. The molecule has 3 aliphatic heterocycles. The monoisotopic (exact) mass is 850 g/mol. The highest BCUT2D eigenvalue weighted by molar-refractivity contribution is 7.89. The number of aryl methyl sites for hydroxylation is 2. The minimum absolute atomic E-state index is 0.0622. The van der Waals surface area contributed by atoms with Crippen molar-refractivity contribution in [3.8, 4) is 0 Å². The quantitative estimate of drug-likeness (QED) is 0.188. The summed E-state index contributed by atoms with van der Waals surface area (Å²) in [6.07, 6.45) is 9.76. The van der Waals surface area contributed by atoms with Gasteiger partial charge in [-0.3, -0.25) is 33.4 Å². The summed E-state index contributed by atoms with van der Waals surface area (Å²) < 4.78 is 34.3. The van der Waals surface area contributed by atoms with E-state index in [-0.39, 0.29) is 34.5 Å². The van der Waals surface area contributed by atoms with Gasteiger partial charge in [0.05, 0.1) is 21.6 Å². The van der Waals surface area contributed by atoms with Crippen molar-refractivity contribution in [1.82, 2.24) is 38.2 Å². The van der Waals surface area contributed by atoms with Crippen molar-refractivity contribution in [2.45, 2.75) is 94.2 Å². The van der Waals surface area contributed by atoms with E-state index >= 15 is 0 Å². The Morgan fingerprint density at radius 3 is 2.36 bits per heavy atom. The minimum atomic E-state index is -3.70. The van der Waals surface area contributed by atoms with Gasteiger partial charge >= 0.3 is 5.69 Å². The van der Waals surface area contributed by atoms with Crippen LogP contribution in [-0.2, 0) is 26.7 Å². The van der Waals surface area contributed by atoms with Crippen molar-refractivity contribution in [2.75, 3.05) is 50.0 Å². The predicted molar refractivity (Wildman–Crippen MR) is 234 cm³/mol. The molecular formula is C44H54N10O6S. The van der Waals surface area contributed by atoms with Crippen LogP contribution in [0.1, 0.15) is 81.9 Å². The Labute approximate surface area is 354 Å². The van der Waals surface area contributed by atoms with Crippen LogP contribution in [0.25, 0.3) is 22.1 Å². The number of amides is 2. The third kappa shape index (κ3) is 7.75. The smallest absolute Gasteiger partial charge is 0.329 e. The van der Waals surface area contributed by atoms with Crippen molar-refractivity contribution in [3.05, 3.63) is 81.1 Å². The zero-order chi connectivity index (χ0) is 42.6. The molecule has 16 nitrogen and oxygen atoms in total. The van der Waals surface area contributed by atoms with Gasteiger partial charge < -0.3 is 15.1 Å². The first-order valence-electron chi connectivity index (χ1n) is 21.6. The van der Waals surface area contributed by atoms with Crippen LogP contribution in [0.15, 0.2) is 69.2 Å². The maximum atomic E-state index is 13.9. The number of carbonyl (C=O) groups is 2. The van der Waals surface area contributed by atoms with Crippen LogP contribution >= 0.6 is 0 Å². The van der Waals surface area contributed by atoms with Gasteiger partial charge in [0.25, 0.3) is 5.56 Å². The predicted octanol–water partition coefficient (Wildman–Crippen LogP) is 4.59. The summed E-state index contributed by atoms with van der Waals surface area (Å²) in [7, 11) is 0.211. The molecule has 0 radical (unpaired) electrons. The highest BCUT2D eigenvalue weighted by Gasteiger charge is 2.34. The van der Waals surface area contributed by atoms with E-state index in [4.69, 9.17) is 4.98 Å². The van der Waals surface area contributed by atoms with E-state index in [9.17, 15) is 27.6 Å². The van der Waals surface area contributed by atoms with E-state index in [0.29, 0.717) is 54.3 Å². The molecule has 5 aromatic rings. The Bertz CT molecular complexity index is 2740. The number of benzene rings is 2. The van der Waals surface area contributed by atoms with Gasteiger partial charge in [-0.2, -0.15) is 9.29 Å². The van der Waals surface area contributed by atoms with Crippen LogP contribution in [-0.4, -0.2) is 98.9 Å². The largest absolute Gasteiger partial charge is 0.370 e. The fourth-order valence-corrected chi connectivity index (χ4v) is 11.7. The molecule has 1 aliphatic carbocycles. The van der Waals surface area contributed by atoms with Gasteiger partial charge in [-0.15, -0.1) is 0 Å². The summed E-state index contributed by atoms with van der Waals surface area (Å²) in [5, 5.41) is 6.45. The summed E-state index contributed by atoms with van der Waals surface area (Å²) in [6, 6.07) is 14.1. The number of anilines is 3. The first-order valence-corrected chi connectivity index (χ1v) is 23.1. The Balaban J connectivity index is 0.797. The van der Waals surface area contributed by atoms with Gasteiger partial charge in [-0.25, -0.2) is 18.2 Å². The SMILES string of the molecule is Cc1cc(S(=O)(=O)N2CCC(CN(C)C3CCN(c4cccc5c4n(C)c(=O)n5C4CCC(=O)NC4=O)CC3)CC2)ccc1Nc1ncc2ccc(=O)n(C3CCCC3)c2n1. The van der Waals surface area contributed by atoms with E-state index in [0.717, 1.165) is 93.2 Å². The number of imidazole rings is 1. The third-order valence-electron chi connectivity index (χ3n) is 13.6. The van der Waals surface area contributed by atoms with Crippen LogP contribution in [0.2, 0.25) is 0 Å². The Hall–Kier alpha value is -5.39. The normalized spacial score (nSPS) is 20.3. The molecule has 2 amide bonds. The first-order chi connectivity index (χ1) is 29.4. The topological polar surface area (TPSA) is 177 Å². The van der Waals surface area contributed by atoms with Crippen LogP contribution in [0, 0.1) is 12.8 Å². The van der Waals surface area contributed by atoms with Gasteiger partial charge in [-0.1, -0.05) is 18.9 Å². The fraction of sp³-hybridized carbons (Fsp3) is 0.500. The number of pyridine rings is 1. The van der Waals surface area contributed by atoms with E-state index < -0.39 is 22.0 Å². The van der Waals surface area contributed by atoms with Crippen LogP contribution in [0.4, 0.5) is 17.3 Å². The van der Waals surface area contributed by atoms with Crippen molar-refractivity contribution < 1.29 is 18.0 Å². The molecule has 1 atom stereocenters. The summed E-state index contributed by atoms with van der Waals surface area (Å²) >= 11 is 0. The molecule has 9 rings (SSSR count). The maximum absolute atomic E-state index is 13.9. The van der Waals surface area contributed by atoms with Crippen molar-refractivity contribution >= 4 is 61.2 Å². The molecule has 3 saturated heterocycles. The number of hydrogen-bond donors (Lipinski definition) is 2. The Kier molecular flexibility index (Phi) is 11.1. The number of sulfonamides is 1. The highest BCUT2D eigenvalue weighted by Crippen LogP contribution is 2.34. The highest BCUT2D eigenvalue weighted by atomic mass is 32.2. The van der Waals surface area contributed by atoms with Crippen LogP contribution < -0.4 is 26.8 Å². The van der Waals surface area contributed by atoms with E-state index in [2.05, 4.69) is 32.5 Å². The molecule has 6 heterocycles. The first kappa shape index (κ1) is 41.0. The van der Waals surface area contributed by atoms with Gasteiger partial charge in [0.2, 0.25) is 27.8 Å². The number of hydrogen-bond acceptors (Lipinski definition) is 11. The second kappa shape index (κ2) is 16.5.